The Kier molecular flexibility index (Phi) is 2.90. The minimum atomic E-state index is -0.500. The van der Waals surface area contributed by atoms with Crippen LogP contribution in [0.15, 0.2) is 18.2 Å². The Hall–Kier alpha value is -1.09. The molecular weight excluding hydrogens is 217 g/mol. The Bertz CT molecular complexity index is 430. The van der Waals surface area contributed by atoms with Crippen LogP contribution in [0, 0.1) is 11.2 Å². The van der Waals surface area contributed by atoms with Gasteiger partial charge in [0.1, 0.15) is 11.6 Å². The molecule has 2 nitrogen and oxygen atoms in total. The molecule has 0 amide bonds. The number of methoxy groups -OCH3 is 1. The number of benzene rings is 1. The zero-order valence-electron chi connectivity index (χ0n) is 10.7. The molecule has 1 aromatic rings. The summed E-state index contributed by atoms with van der Waals surface area (Å²) in [6.07, 6.45) is 3.01. The van der Waals surface area contributed by atoms with Crippen molar-refractivity contribution in [2.24, 2.45) is 11.1 Å². The van der Waals surface area contributed by atoms with Crippen LogP contribution in [0.4, 0.5) is 4.39 Å². The minimum Gasteiger partial charge on any atom is -0.496 e. The SMILES string of the molecule is COc1ccc(F)cc1C1(N)CCCC1(C)C. The molecule has 0 aliphatic heterocycles. The molecule has 0 heterocycles. The van der Waals surface area contributed by atoms with Crippen molar-refractivity contribution in [1.29, 1.82) is 0 Å². The summed E-state index contributed by atoms with van der Waals surface area (Å²) < 4.78 is 18.8. The molecule has 2 rings (SSSR count). The van der Waals surface area contributed by atoms with Crippen LogP contribution in [0.1, 0.15) is 38.7 Å². The van der Waals surface area contributed by atoms with Gasteiger partial charge in [-0.15, -0.1) is 0 Å². The molecule has 17 heavy (non-hydrogen) atoms. The maximum absolute atomic E-state index is 13.4. The second-order valence-electron chi connectivity index (χ2n) is 5.55. The third kappa shape index (κ3) is 1.82. The lowest BCUT2D eigenvalue weighted by atomic mass is 9.71. The average molecular weight is 237 g/mol. The van der Waals surface area contributed by atoms with Gasteiger partial charge in [0.15, 0.2) is 0 Å². The quantitative estimate of drug-likeness (QED) is 0.857. The van der Waals surface area contributed by atoms with Crippen molar-refractivity contribution >= 4 is 0 Å². The first kappa shape index (κ1) is 12.4. The van der Waals surface area contributed by atoms with Gasteiger partial charge in [-0.2, -0.15) is 0 Å². The maximum atomic E-state index is 13.4. The Labute approximate surface area is 102 Å². The average Bonchev–Trinajstić information content (AvgIpc) is 2.54. The number of hydrogen-bond donors (Lipinski definition) is 1. The molecule has 0 saturated heterocycles. The largest absolute Gasteiger partial charge is 0.496 e. The number of ether oxygens (including phenoxy) is 1. The highest BCUT2D eigenvalue weighted by Crippen LogP contribution is 2.52. The van der Waals surface area contributed by atoms with Crippen LogP contribution < -0.4 is 10.5 Å². The standard InChI is InChI=1S/C14H20FNO/c1-13(2)7-4-8-14(13,16)11-9-10(15)5-6-12(11)17-3/h5-6,9H,4,7-8,16H2,1-3H3. The lowest BCUT2D eigenvalue weighted by Crippen LogP contribution is -2.46. The fourth-order valence-corrected chi connectivity index (χ4v) is 2.90. The fraction of sp³-hybridized carbons (Fsp3) is 0.571. The number of rotatable bonds is 2. The molecule has 1 aliphatic rings. The van der Waals surface area contributed by atoms with E-state index in [1.807, 2.05) is 0 Å². The van der Waals surface area contributed by atoms with Gasteiger partial charge >= 0.3 is 0 Å². The van der Waals surface area contributed by atoms with Crippen LogP contribution in [0.25, 0.3) is 0 Å². The van der Waals surface area contributed by atoms with E-state index in [2.05, 4.69) is 13.8 Å². The third-order valence-electron chi connectivity index (χ3n) is 4.22. The van der Waals surface area contributed by atoms with Crippen LogP contribution in [-0.4, -0.2) is 7.11 Å². The van der Waals surface area contributed by atoms with E-state index in [-0.39, 0.29) is 11.2 Å². The van der Waals surface area contributed by atoms with Crippen LogP contribution in [-0.2, 0) is 5.54 Å². The predicted molar refractivity (Wildman–Crippen MR) is 66.4 cm³/mol. The molecule has 94 valence electrons. The van der Waals surface area contributed by atoms with Gasteiger partial charge in [-0.3, -0.25) is 0 Å². The van der Waals surface area contributed by atoms with E-state index in [1.165, 1.54) is 12.1 Å². The summed E-state index contributed by atoms with van der Waals surface area (Å²) in [5, 5.41) is 0. The smallest absolute Gasteiger partial charge is 0.124 e. The zero-order chi connectivity index (χ0) is 12.7. The second-order valence-corrected chi connectivity index (χ2v) is 5.55. The van der Waals surface area contributed by atoms with Crippen molar-refractivity contribution in [2.75, 3.05) is 7.11 Å². The summed E-state index contributed by atoms with van der Waals surface area (Å²) in [6, 6.07) is 4.59. The van der Waals surface area contributed by atoms with Gasteiger partial charge in [-0.1, -0.05) is 20.3 Å². The van der Waals surface area contributed by atoms with Crippen molar-refractivity contribution < 1.29 is 9.13 Å². The first-order valence-electron chi connectivity index (χ1n) is 6.04. The summed E-state index contributed by atoms with van der Waals surface area (Å²) in [5.41, 5.74) is 6.82. The first-order chi connectivity index (χ1) is 7.90. The molecule has 1 unspecified atom stereocenters. The molecule has 0 spiro atoms. The van der Waals surface area contributed by atoms with E-state index in [1.54, 1.807) is 13.2 Å². The van der Waals surface area contributed by atoms with Gasteiger partial charge in [0.05, 0.1) is 7.11 Å². The van der Waals surface area contributed by atoms with Gasteiger partial charge in [0.25, 0.3) is 0 Å². The zero-order valence-corrected chi connectivity index (χ0v) is 10.7. The molecular formula is C14H20FNO. The summed E-state index contributed by atoms with van der Waals surface area (Å²) in [5.74, 6) is 0.428. The van der Waals surface area contributed by atoms with Crippen molar-refractivity contribution in [1.82, 2.24) is 0 Å². The van der Waals surface area contributed by atoms with Gasteiger partial charge < -0.3 is 10.5 Å². The topological polar surface area (TPSA) is 35.2 Å². The second kappa shape index (κ2) is 3.98. The molecule has 0 aromatic heterocycles. The van der Waals surface area contributed by atoms with E-state index >= 15 is 0 Å². The van der Waals surface area contributed by atoms with Crippen molar-refractivity contribution in [2.45, 2.75) is 38.6 Å². The lowest BCUT2D eigenvalue weighted by molar-refractivity contribution is 0.203. The third-order valence-corrected chi connectivity index (χ3v) is 4.22. The summed E-state index contributed by atoms with van der Waals surface area (Å²) in [4.78, 5) is 0. The normalized spacial score (nSPS) is 27.1. The molecule has 1 fully saturated rings. The lowest BCUT2D eigenvalue weighted by Gasteiger charge is -2.39. The summed E-state index contributed by atoms with van der Waals surface area (Å²) in [6.45, 7) is 4.29. The van der Waals surface area contributed by atoms with Gasteiger partial charge in [-0.05, 0) is 36.5 Å². The molecule has 0 bridgehead atoms. The Balaban J connectivity index is 2.56. The number of halogens is 1. The monoisotopic (exact) mass is 237 g/mol. The predicted octanol–water partition coefficient (Wildman–Crippen LogP) is 3.20. The highest BCUT2D eigenvalue weighted by molar-refractivity contribution is 5.41. The first-order valence-corrected chi connectivity index (χ1v) is 6.04. The molecule has 1 aromatic carbocycles. The maximum Gasteiger partial charge on any atom is 0.124 e. The highest BCUT2D eigenvalue weighted by atomic mass is 19.1. The van der Waals surface area contributed by atoms with Gasteiger partial charge in [-0.25, -0.2) is 4.39 Å². The molecule has 2 N–H and O–H groups in total. The van der Waals surface area contributed by atoms with Gasteiger partial charge in [0.2, 0.25) is 0 Å². The van der Waals surface area contributed by atoms with Crippen molar-refractivity contribution in [3.8, 4) is 5.75 Å². The molecule has 1 atom stereocenters. The van der Waals surface area contributed by atoms with E-state index in [0.29, 0.717) is 5.75 Å². The Morgan fingerprint density at radius 3 is 2.53 bits per heavy atom. The molecule has 1 aliphatic carbocycles. The van der Waals surface area contributed by atoms with Crippen LogP contribution in [0.3, 0.4) is 0 Å². The van der Waals surface area contributed by atoms with Gasteiger partial charge in [0, 0.05) is 11.1 Å². The van der Waals surface area contributed by atoms with Crippen molar-refractivity contribution in [3.63, 3.8) is 0 Å². The minimum absolute atomic E-state index is 0.0337. The Morgan fingerprint density at radius 1 is 1.29 bits per heavy atom. The molecule has 3 heteroatoms. The Morgan fingerprint density at radius 2 is 2.00 bits per heavy atom. The molecule has 0 radical (unpaired) electrons. The van der Waals surface area contributed by atoms with E-state index in [9.17, 15) is 4.39 Å². The van der Waals surface area contributed by atoms with Crippen molar-refractivity contribution in [3.05, 3.63) is 29.6 Å². The number of nitrogens with two attached hydrogens (primary N) is 1. The molecule has 1 saturated carbocycles. The summed E-state index contributed by atoms with van der Waals surface area (Å²) in [7, 11) is 1.60. The summed E-state index contributed by atoms with van der Waals surface area (Å²) >= 11 is 0. The van der Waals surface area contributed by atoms with Crippen LogP contribution in [0.2, 0.25) is 0 Å². The van der Waals surface area contributed by atoms with Crippen LogP contribution in [0.5, 0.6) is 5.75 Å². The fourth-order valence-electron chi connectivity index (χ4n) is 2.90. The van der Waals surface area contributed by atoms with E-state index in [4.69, 9.17) is 10.5 Å². The van der Waals surface area contributed by atoms with E-state index < -0.39 is 5.54 Å². The highest BCUT2D eigenvalue weighted by Gasteiger charge is 2.48. The number of hydrogen-bond acceptors (Lipinski definition) is 2. The van der Waals surface area contributed by atoms with E-state index in [0.717, 1.165) is 24.8 Å². The van der Waals surface area contributed by atoms with Crippen LogP contribution >= 0.6 is 0 Å².